The van der Waals surface area contributed by atoms with E-state index in [4.69, 9.17) is 4.98 Å². The van der Waals surface area contributed by atoms with Gasteiger partial charge in [-0.1, -0.05) is 70.0 Å². The maximum Gasteiger partial charge on any atom is 0.278 e. The fourth-order valence-electron chi connectivity index (χ4n) is 9.59. The Kier molecular flexibility index (Phi) is 16.8. The number of fused-ring (bicyclic) bond motifs is 1. The van der Waals surface area contributed by atoms with Gasteiger partial charge in [0.25, 0.3) is 5.56 Å². The van der Waals surface area contributed by atoms with Crippen LogP contribution in [0.3, 0.4) is 0 Å². The highest BCUT2D eigenvalue weighted by Gasteiger charge is 2.44. The zero-order valence-electron chi connectivity index (χ0n) is 43.4. The summed E-state index contributed by atoms with van der Waals surface area (Å²) in [7, 11) is 0. The molecule has 2 fully saturated rings. The Morgan fingerprint density at radius 2 is 1.65 bits per heavy atom. The van der Waals surface area contributed by atoms with Crippen molar-refractivity contribution < 1.29 is 24.6 Å². The summed E-state index contributed by atoms with van der Waals surface area (Å²) in [6.07, 6.45) is 6.35. The molecule has 2 aromatic carbocycles. The minimum absolute atomic E-state index is 0.0282. The van der Waals surface area contributed by atoms with Crippen molar-refractivity contribution in [3.8, 4) is 16.3 Å². The number of aliphatic hydroxyl groups is 2. The lowest BCUT2D eigenvalue weighted by Gasteiger charge is -2.36. The molecule has 0 spiro atoms. The Labute approximate surface area is 436 Å². The monoisotopic (exact) mass is 1030 g/mol. The molecule has 2 aliphatic heterocycles. The molecule has 4 aromatic heterocycles. The largest absolute Gasteiger partial charge is 0.391 e. The summed E-state index contributed by atoms with van der Waals surface area (Å²) in [4.78, 5) is 79.9. The molecule has 0 unspecified atom stereocenters. The van der Waals surface area contributed by atoms with E-state index < -0.39 is 29.2 Å². The van der Waals surface area contributed by atoms with Crippen LogP contribution in [0.2, 0.25) is 0 Å². The molecule has 74 heavy (non-hydrogen) atoms. The Bertz CT molecular complexity index is 2980. The highest BCUT2D eigenvalue weighted by molar-refractivity contribution is 7.13. The zero-order chi connectivity index (χ0) is 52.7. The maximum absolute atomic E-state index is 14.1. The summed E-state index contributed by atoms with van der Waals surface area (Å²) < 4.78 is 3.14. The van der Waals surface area contributed by atoms with E-state index in [9.17, 15) is 29.4 Å². The Balaban J connectivity index is 0.756. The number of allylic oxidation sites excluding steroid dienone is 1. The van der Waals surface area contributed by atoms with Crippen LogP contribution in [-0.2, 0) is 33.1 Å². The molecule has 0 radical (unpaired) electrons. The van der Waals surface area contributed by atoms with Crippen molar-refractivity contribution in [3.63, 3.8) is 0 Å². The van der Waals surface area contributed by atoms with Crippen molar-refractivity contribution in [1.82, 2.24) is 49.7 Å². The molecule has 19 heteroatoms. The quantitative estimate of drug-likeness (QED) is 0.0411. The average molecular weight is 1030 g/mol. The first kappa shape index (κ1) is 53.5. The van der Waals surface area contributed by atoms with Gasteiger partial charge in [-0.15, -0.1) is 17.9 Å². The molecule has 5 N–H and O–H groups in total. The van der Waals surface area contributed by atoms with E-state index in [0.29, 0.717) is 41.3 Å². The van der Waals surface area contributed by atoms with Gasteiger partial charge in [0.05, 0.1) is 34.4 Å². The van der Waals surface area contributed by atoms with Crippen molar-refractivity contribution in [2.75, 3.05) is 49.5 Å². The lowest BCUT2D eigenvalue weighted by molar-refractivity contribution is -0.144. The highest BCUT2D eigenvalue weighted by atomic mass is 32.1. The van der Waals surface area contributed by atoms with Crippen LogP contribution in [0.5, 0.6) is 0 Å². The van der Waals surface area contributed by atoms with Gasteiger partial charge >= 0.3 is 0 Å². The minimum Gasteiger partial charge on any atom is -0.391 e. The minimum atomic E-state index is -1.18. The molecule has 3 atom stereocenters. The van der Waals surface area contributed by atoms with Gasteiger partial charge in [0.2, 0.25) is 23.7 Å². The van der Waals surface area contributed by atoms with Crippen LogP contribution in [0.15, 0.2) is 95.9 Å². The van der Waals surface area contributed by atoms with Gasteiger partial charge in [0.1, 0.15) is 23.1 Å². The second kappa shape index (κ2) is 23.2. The molecule has 3 amide bonds. The number of amides is 3. The fourth-order valence-corrected chi connectivity index (χ4v) is 10.4. The van der Waals surface area contributed by atoms with Crippen LogP contribution in [0.4, 0.5) is 17.3 Å². The van der Waals surface area contributed by atoms with Crippen LogP contribution in [0.25, 0.3) is 27.3 Å². The number of piperazine rings is 1. The number of hydrogen-bond donors (Lipinski definition) is 5. The average Bonchev–Trinajstić information content (AvgIpc) is 4.07. The Morgan fingerprint density at radius 3 is 2.32 bits per heavy atom. The second-order valence-electron chi connectivity index (χ2n) is 21.0. The number of carbonyl (C=O) groups is 3. The van der Waals surface area contributed by atoms with E-state index in [1.807, 2.05) is 69.6 Å². The third-order valence-corrected chi connectivity index (χ3v) is 14.7. The summed E-state index contributed by atoms with van der Waals surface area (Å²) in [5.74, 6) is -0.139. The summed E-state index contributed by atoms with van der Waals surface area (Å²) in [5, 5.41) is 30.8. The smallest absolute Gasteiger partial charge is 0.278 e. The SMILES string of the molecule is C=CCn1c(=O)c2cnc(Nc3ccc(N4CCN(CCCCCCC(=O)N[C@H](C(=O)N5C[C@H](O)C[C@H]5C(=O)NCc5ccc(-c6scnc6C)cc5)C(C)(C)C)CC4)cc3)nc2n1-c1cccc(C(C)(C)O)n1. The fraction of sp³-hybridized carbons (Fsp3) is 0.455. The van der Waals surface area contributed by atoms with Crippen molar-refractivity contribution in [2.45, 2.75) is 117 Å². The predicted molar refractivity (Wildman–Crippen MR) is 289 cm³/mol. The molecule has 0 bridgehead atoms. The van der Waals surface area contributed by atoms with Crippen LogP contribution in [0.1, 0.15) is 90.1 Å². The van der Waals surface area contributed by atoms with Gasteiger partial charge in [0.15, 0.2) is 11.5 Å². The Morgan fingerprint density at radius 1 is 0.919 bits per heavy atom. The third kappa shape index (κ3) is 12.7. The summed E-state index contributed by atoms with van der Waals surface area (Å²) in [5.41, 5.74) is 5.44. The van der Waals surface area contributed by atoms with Crippen molar-refractivity contribution >= 4 is 57.4 Å². The molecule has 6 heterocycles. The number of anilines is 3. The number of pyridine rings is 1. The van der Waals surface area contributed by atoms with Gasteiger partial charge in [-0.3, -0.25) is 24.1 Å². The number of aryl methyl sites for hydroxylation is 1. The number of thiazole rings is 1. The number of hydrogen-bond acceptors (Lipinski definition) is 14. The lowest BCUT2D eigenvalue weighted by atomic mass is 9.85. The van der Waals surface area contributed by atoms with Crippen LogP contribution in [-0.4, -0.2) is 124 Å². The molecular formula is C55H70N12O6S. The zero-order valence-corrected chi connectivity index (χ0v) is 44.2. The first-order valence-corrected chi connectivity index (χ1v) is 26.4. The van der Waals surface area contributed by atoms with Gasteiger partial charge in [0, 0.05) is 69.7 Å². The predicted octanol–water partition coefficient (Wildman–Crippen LogP) is 6.45. The van der Waals surface area contributed by atoms with Crippen LogP contribution >= 0.6 is 11.3 Å². The summed E-state index contributed by atoms with van der Waals surface area (Å²) in [6.45, 7) is 20.0. The topological polar surface area (TPSA) is 216 Å². The summed E-state index contributed by atoms with van der Waals surface area (Å²) >= 11 is 1.58. The molecule has 18 nitrogen and oxygen atoms in total. The summed E-state index contributed by atoms with van der Waals surface area (Å²) in [6, 6.07) is 19.7. The van der Waals surface area contributed by atoms with Crippen molar-refractivity contribution in [1.29, 1.82) is 0 Å². The third-order valence-electron chi connectivity index (χ3n) is 13.8. The Hall–Kier alpha value is -6.80. The van der Waals surface area contributed by atoms with E-state index >= 15 is 0 Å². The van der Waals surface area contributed by atoms with Gasteiger partial charge in [-0.25, -0.2) is 24.3 Å². The maximum atomic E-state index is 14.1. The number of nitrogens with zero attached hydrogens (tertiary/aromatic N) is 9. The second-order valence-corrected chi connectivity index (χ2v) is 21.8. The van der Waals surface area contributed by atoms with Crippen molar-refractivity contribution in [3.05, 3.63) is 118 Å². The number of carbonyl (C=O) groups excluding carboxylic acids is 3. The number of rotatable bonds is 20. The molecule has 6 aromatic rings. The number of nitrogens with one attached hydrogen (secondary N) is 3. The van der Waals surface area contributed by atoms with Gasteiger partial charge in [-0.05, 0) is 93.1 Å². The highest BCUT2D eigenvalue weighted by Crippen LogP contribution is 2.30. The lowest BCUT2D eigenvalue weighted by Crippen LogP contribution is -2.57. The van der Waals surface area contributed by atoms with E-state index in [2.05, 4.69) is 59.4 Å². The number of aromatic nitrogens is 6. The van der Waals surface area contributed by atoms with E-state index in [1.165, 1.54) is 15.8 Å². The molecule has 2 aliphatic rings. The molecule has 2 saturated heterocycles. The molecule has 0 aliphatic carbocycles. The van der Waals surface area contributed by atoms with Gasteiger partial charge < -0.3 is 36.0 Å². The number of likely N-dealkylation sites (tertiary alicyclic amines) is 1. The van der Waals surface area contributed by atoms with E-state index in [1.54, 1.807) is 54.1 Å². The molecule has 392 valence electrons. The van der Waals surface area contributed by atoms with E-state index in [-0.39, 0.29) is 49.3 Å². The standard InChI is InChI=1S/C55H70N12O6S/c1-8-25-66-51(71)42-33-57-53(62-49(42)67(66)45-15-13-14-44(60-45)55(6,7)73)59-39-21-23-40(24-22-39)64-29-27-63(28-30-64)26-12-10-9-11-16-46(69)61-48(54(3,4)5)52(72)65-34-41(68)31-43(65)50(70)56-32-37-17-19-38(20-18-37)47-36(2)58-35-74-47/h8,13-15,17-24,33,35,41,43,48,68,73H,1,9-12,16,25-32,34H2,2-7H3,(H,56,70)(H,61,69)(H,57,59,62)/t41-,43+,48-/m1/s1. The van der Waals surface area contributed by atoms with E-state index in [0.717, 1.165) is 85.1 Å². The number of unbranched alkanes of at least 4 members (excludes halogenated alkanes) is 3. The first-order chi connectivity index (χ1) is 35.4. The number of aliphatic hydroxyl groups excluding tert-OH is 1. The number of benzene rings is 2. The number of β-amino-alcohol motifs (C(OH)–C–C–N with tert-alkyl or cyclic N) is 1. The van der Waals surface area contributed by atoms with Crippen LogP contribution in [0, 0.1) is 12.3 Å². The molecular weight excluding hydrogens is 957 g/mol. The van der Waals surface area contributed by atoms with Gasteiger partial charge in [-0.2, -0.15) is 4.98 Å². The molecule has 8 rings (SSSR count). The first-order valence-electron chi connectivity index (χ1n) is 25.6. The van der Waals surface area contributed by atoms with Crippen LogP contribution < -0.4 is 26.4 Å². The molecule has 0 saturated carbocycles. The van der Waals surface area contributed by atoms with Crippen molar-refractivity contribution in [2.24, 2.45) is 5.41 Å². The normalized spacial score (nSPS) is 16.9.